The van der Waals surface area contributed by atoms with Crippen molar-refractivity contribution < 1.29 is 23.9 Å². The lowest BCUT2D eigenvalue weighted by Gasteiger charge is -2.08. The Morgan fingerprint density at radius 3 is 2.38 bits per heavy atom. The van der Waals surface area contributed by atoms with E-state index in [-0.39, 0.29) is 13.0 Å². The molecule has 1 N–H and O–H groups in total. The molecule has 0 saturated carbocycles. The van der Waals surface area contributed by atoms with E-state index in [1.807, 2.05) is 31.2 Å². The van der Waals surface area contributed by atoms with E-state index in [0.29, 0.717) is 17.9 Å². The molecule has 0 saturated heterocycles. The largest absolute Gasteiger partial charge is 0.462 e. The van der Waals surface area contributed by atoms with Gasteiger partial charge in [0.1, 0.15) is 0 Å². The fourth-order valence-corrected chi connectivity index (χ4v) is 2.29. The highest BCUT2D eigenvalue weighted by atomic mass is 16.5. The predicted molar refractivity (Wildman–Crippen MR) is 96.9 cm³/mol. The summed E-state index contributed by atoms with van der Waals surface area (Å²) in [5.74, 6) is -1.34. The number of hydrogen-bond donors (Lipinski definition) is 1. The van der Waals surface area contributed by atoms with E-state index in [2.05, 4.69) is 5.32 Å². The van der Waals surface area contributed by atoms with E-state index in [0.717, 1.165) is 11.1 Å². The Hall–Kier alpha value is -3.15. The van der Waals surface area contributed by atoms with Crippen molar-refractivity contribution in [3.63, 3.8) is 0 Å². The third kappa shape index (κ3) is 6.05. The smallest absolute Gasteiger partial charge is 0.338 e. The van der Waals surface area contributed by atoms with Gasteiger partial charge in [-0.1, -0.05) is 29.8 Å². The molecule has 0 heterocycles. The van der Waals surface area contributed by atoms with Gasteiger partial charge in [0.25, 0.3) is 5.91 Å². The van der Waals surface area contributed by atoms with Crippen LogP contribution in [0.25, 0.3) is 0 Å². The van der Waals surface area contributed by atoms with Crippen LogP contribution in [-0.2, 0) is 25.5 Å². The SMILES string of the molecule is CCOC(=O)c1ccc(NC(=O)COC(=O)Cc2cccc(C)c2)cc1. The second-order valence-corrected chi connectivity index (χ2v) is 5.67. The minimum absolute atomic E-state index is 0.114. The number of amides is 1. The van der Waals surface area contributed by atoms with Crippen LogP contribution >= 0.6 is 0 Å². The van der Waals surface area contributed by atoms with Gasteiger partial charge in [-0.25, -0.2) is 4.79 Å². The van der Waals surface area contributed by atoms with E-state index in [1.165, 1.54) is 0 Å². The van der Waals surface area contributed by atoms with Crippen molar-refractivity contribution in [2.45, 2.75) is 20.3 Å². The molecule has 6 nitrogen and oxygen atoms in total. The van der Waals surface area contributed by atoms with E-state index in [9.17, 15) is 14.4 Å². The number of benzene rings is 2. The van der Waals surface area contributed by atoms with Crippen molar-refractivity contribution in [2.24, 2.45) is 0 Å². The molecule has 2 aromatic rings. The molecule has 2 aromatic carbocycles. The first-order chi connectivity index (χ1) is 12.5. The molecule has 2 rings (SSSR count). The fourth-order valence-electron chi connectivity index (χ4n) is 2.29. The van der Waals surface area contributed by atoms with Crippen LogP contribution in [0.15, 0.2) is 48.5 Å². The third-order valence-electron chi connectivity index (χ3n) is 3.47. The van der Waals surface area contributed by atoms with E-state index in [4.69, 9.17) is 9.47 Å². The van der Waals surface area contributed by atoms with Gasteiger partial charge < -0.3 is 14.8 Å². The Morgan fingerprint density at radius 2 is 1.73 bits per heavy atom. The van der Waals surface area contributed by atoms with E-state index in [1.54, 1.807) is 31.2 Å². The van der Waals surface area contributed by atoms with Crippen molar-refractivity contribution in [3.8, 4) is 0 Å². The molecule has 0 fully saturated rings. The maximum Gasteiger partial charge on any atom is 0.338 e. The summed E-state index contributed by atoms with van der Waals surface area (Å²) >= 11 is 0. The summed E-state index contributed by atoms with van der Waals surface area (Å²) in [5.41, 5.74) is 2.79. The van der Waals surface area contributed by atoms with Crippen LogP contribution in [0.4, 0.5) is 5.69 Å². The van der Waals surface area contributed by atoms with Crippen LogP contribution in [0.1, 0.15) is 28.4 Å². The monoisotopic (exact) mass is 355 g/mol. The summed E-state index contributed by atoms with van der Waals surface area (Å²) in [5, 5.41) is 2.60. The number of hydrogen-bond acceptors (Lipinski definition) is 5. The number of carbonyl (C=O) groups excluding carboxylic acids is 3. The Kier molecular flexibility index (Phi) is 6.91. The molecule has 0 spiro atoms. The molecule has 0 aliphatic carbocycles. The summed E-state index contributed by atoms with van der Waals surface area (Å²) in [6.45, 7) is 3.59. The number of nitrogens with one attached hydrogen (secondary N) is 1. The van der Waals surface area contributed by atoms with Gasteiger partial charge in [-0.2, -0.15) is 0 Å². The van der Waals surface area contributed by atoms with Crippen LogP contribution in [-0.4, -0.2) is 31.1 Å². The van der Waals surface area contributed by atoms with Crippen LogP contribution in [0.5, 0.6) is 0 Å². The predicted octanol–water partition coefficient (Wildman–Crippen LogP) is 2.90. The number of aryl methyl sites for hydroxylation is 1. The minimum Gasteiger partial charge on any atom is -0.462 e. The molecule has 0 aromatic heterocycles. The van der Waals surface area contributed by atoms with Crippen molar-refractivity contribution >= 4 is 23.5 Å². The maximum atomic E-state index is 11.9. The average Bonchev–Trinajstić information content (AvgIpc) is 2.61. The van der Waals surface area contributed by atoms with E-state index >= 15 is 0 Å². The van der Waals surface area contributed by atoms with Crippen LogP contribution in [0.2, 0.25) is 0 Å². The zero-order chi connectivity index (χ0) is 18.9. The van der Waals surface area contributed by atoms with Crippen molar-refractivity contribution in [1.29, 1.82) is 0 Å². The normalized spacial score (nSPS) is 10.1. The van der Waals surface area contributed by atoms with Crippen LogP contribution in [0, 0.1) is 6.92 Å². The first-order valence-electron chi connectivity index (χ1n) is 8.26. The van der Waals surface area contributed by atoms with Gasteiger partial charge in [0.2, 0.25) is 0 Å². The highest BCUT2D eigenvalue weighted by Gasteiger charge is 2.10. The lowest BCUT2D eigenvalue weighted by Crippen LogP contribution is -2.21. The zero-order valence-corrected chi connectivity index (χ0v) is 14.8. The van der Waals surface area contributed by atoms with Crippen molar-refractivity contribution in [3.05, 3.63) is 65.2 Å². The highest BCUT2D eigenvalue weighted by Crippen LogP contribution is 2.11. The number of carbonyl (C=O) groups is 3. The molecule has 0 atom stereocenters. The standard InChI is InChI=1S/C20H21NO5/c1-3-25-20(24)16-7-9-17(10-8-16)21-18(22)13-26-19(23)12-15-6-4-5-14(2)11-15/h4-11H,3,12-13H2,1-2H3,(H,21,22). The topological polar surface area (TPSA) is 81.7 Å². The lowest BCUT2D eigenvalue weighted by atomic mass is 10.1. The molecule has 26 heavy (non-hydrogen) atoms. The second kappa shape index (κ2) is 9.36. The Morgan fingerprint density at radius 1 is 1.00 bits per heavy atom. The Balaban J connectivity index is 1.79. The van der Waals surface area contributed by atoms with Crippen molar-refractivity contribution in [1.82, 2.24) is 0 Å². The van der Waals surface area contributed by atoms with E-state index < -0.39 is 17.8 Å². The number of anilines is 1. The fraction of sp³-hybridized carbons (Fsp3) is 0.250. The summed E-state index contributed by atoms with van der Waals surface area (Å²) < 4.78 is 9.87. The minimum atomic E-state index is -0.469. The van der Waals surface area contributed by atoms with Gasteiger partial charge in [-0.15, -0.1) is 0 Å². The van der Waals surface area contributed by atoms with Crippen LogP contribution in [0.3, 0.4) is 0 Å². The summed E-state index contributed by atoms with van der Waals surface area (Å²) in [4.78, 5) is 35.2. The molecular weight excluding hydrogens is 334 g/mol. The van der Waals surface area contributed by atoms with Gasteiger partial charge in [-0.3, -0.25) is 9.59 Å². The summed E-state index contributed by atoms with van der Waals surface area (Å²) in [6, 6.07) is 13.8. The maximum absolute atomic E-state index is 11.9. The molecule has 6 heteroatoms. The first-order valence-corrected chi connectivity index (χ1v) is 8.26. The molecule has 0 aliphatic heterocycles. The molecule has 0 aliphatic rings. The van der Waals surface area contributed by atoms with Gasteiger partial charge >= 0.3 is 11.9 Å². The summed E-state index contributed by atoms with van der Waals surface area (Å²) in [6.07, 6.45) is 0.114. The Bertz CT molecular complexity index is 783. The molecular formula is C20H21NO5. The summed E-state index contributed by atoms with van der Waals surface area (Å²) in [7, 11) is 0. The van der Waals surface area contributed by atoms with Gasteiger partial charge in [0.05, 0.1) is 18.6 Å². The first kappa shape index (κ1) is 19.2. The van der Waals surface area contributed by atoms with Crippen molar-refractivity contribution in [2.75, 3.05) is 18.5 Å². The Labute approximate surface area is 152 Å². The third-order valence-corrected chi connectivity index (χ3v) is 3.47. The van der Waals surface area contributed by atoms with Gasteiger partial charge in [0.15, 0.2) is 6.61 Å². The average molecular weight is 355 g/mol. The molecule has 1 amide bonds. The number of ether oxygens (including phenoxy) is 2. The van der Waals surface area contributed by atoms with Gasteiger partial charge in [-0.05, 0) is 43.7 Å². The van der Waals surface area contributed by atoms with Crippen LogP contribution < -0.4 is 5.32 Å². The highest BCUT2D eigenvalue weighted by molar-refractivity contribution is 5.94. The van der Waals surface area contributed by atoms with Gasteiger partial charge in [0, 0.05) is 5.69 Å². The molecule has 0 unspecified atom stereocenters. The molecule has 0 bridgehead atoms. The lowest BCUT2D eigenvalue weighted by molar-refractivity contribution is -0.146. The zero-order valence-electron chi connectivity index (χ0n) is 14.8. The quantitative estimate of drug-likeness (QED) is 0.772. The second-order valence-electron chi connectivity index (χ2n) is 5.67. The molecule has 136 valence electrons. The molecule has 0 radical (unpaired) electrons. The number of esters is 2. The number of rotatable bonds is 7.